The van der Waals surface area contributed by atoms with E-state index in [0.29, 0.717) is 15.6 Å². The van der Waals surface area contributed by atoms with Crippen LogP contribution in [0.4, 0.5) is 18.3 Å². The van der Waals surface area contributed by atoms with Crippen molar-refractivity contribution in [2.45, 2.75) is 6.18 Å². The van der Waals surface area contributed by atoms with Crippen molar-refractivity contribution >= 4 is 16.5 Å². The fourth-order valence-electron chi connectivity index (χ4n) is 1.64. The van der Waals surface area contributed by atoms with Crippen LogP contribution in [0.5, 0.6) is 0 Å². The number of nitrogens with two attached hydrogens (primary N) is 1. The van der Waals surface area contributed by atoms with Gasteiger partial charge in [0.05, 0.1) is 11.8 Å². The Morgan fingerprint density at radius 2 is 1.86 bits per heavy atom. The van der Waals surface area contributed by atoms with E-state index in [-0.39, 0.29) is 11.7 Å². The molecule has 21 heavy (non-hydrogen) atoms. The Balaban J connectivity index is 1.90. The first-order chi connectivity index (χ1) is 9.93. The SMILES string of the molecule is Nc1ncc(-c2nc(-c3ccc(C(F)(F)F)cc3)no2)s1. The van der Waals surface area contributed by atoms with Crippen LogP contribution in [-0.4, -0.2) is 15.1 Å². The maximum Gasteiger partial charge on any atom is 0.416 e. The number of alkyl halides is 3. The lowest BCUT2D eigenvalue weighted by atomic mass is 10.1. The van der Waals surface area contributed by atoms with Crippen LogP contribution in [0.15, 0.2) is 35.0 Å². The predicted octanol–water partition coefficient (Wildman–Crippen LogP) is 3.46. The van der Waals surface area contributed by atoms with Crippen LogP contribution in [0.3, 0.4) is 0 Å². The summed E-state index contributed by atoms with van der Waals surface area (Å²) in [5.41, 5.74) is 5.20. The largest absolute Gasteiger partial charge is 0.416 e. The van der Waals surface area contributed by atoms with Gasteiger partial charge in [0.2, 0.25) is 5.82 Å². The van der Waals surface area contributed by atoms with E-state index >= 15 is 0 Å². The molecule has 1 aromatic carbocycles. The normalized spacial score (nSPS) is 11.8. The molecule has 2 aromatic heterocycles. The second kappa shape index (κ2) is 4.85. The summed E-state index contributed by atoms with van der Waals surface area (Å²) in [4.78, 5) is 8.56. The van der Waals surface area contributed by atoms with Crippen LogP contribution in [0.2, 0.25) is 0 Å². The Morgan fingerprint density at radius 1 is 1.14 bits per heavy atom. The van der Waals surface area contributed by atoms with Crippen molar-refractivity contribution in [1.29, 1.82) is 0 Å². The Labute approximate surface area is 120 Å². The van der Waals surface area contributed by atoms with Gasteiger partial charge in [-0.3, -0.25) is 0 Å². The molecular formula is C12H7F3N4OS. The van der Waals surface area contributed by atoms with Gasteiger partial charge in [-0.15, -0.1) is 0 Å². The van der Waals surface area contributed by atoms with Crippen molar-refractivity contribution in [2.24, 2.45) is 0 Å². The minimum atomic E-state index is -4.37. The summed E-state index contributed by atoms with van der Waals surface area (Å²) >= 11 is 1.18. The first kappa shape index (κ1) is 13.6. The lowest BCUT2D eigenvalue weighted by Gasteiger charge is -2.05. The molecule has 0 bridgehead atoms. The molecule has 0 saturated carbocycles. The number of halogens is 3. The molecule has 108 valence electrons. The molecule has 3 aromatic rings. The number of anilines is 1. The van der Waals surface area contributed by atoms with Gasteiger partial charge in [-0.2, -0.15) is 18.2 Å². The quantitative estimate of drug-likeness (QED) is 0.784. The number of aromatic nitrogens is 3. The first-order valence-electron chi connectivity index (χ1n) is 5.66. The van der Waals surface area contributed by atoms with Crippen molar-refractivity contribution in [3.63, 3.8) is 0 Å². The average Bonchev–Trinajstić information content (AvgIpc) is 3.06. The monoisotopic (exact) mass is 312 g/mol. The fraction of sp³-hybridized carbons (Fsp3) is 0.0833. The van der Waals surface area contributed by atoms with E-state index in [1.165, 1.54) is 29.7 Å². The van der Waals surface area contributed by atoms with Crippen molar-refractivity contribution < 1.29 is 17.7 Å². The Hall–Kier alpha value is -2.42. The van der Waals surface area contributed by atoms with Crippen LogP contribution in [-0.2, 0) is 6.18 Å². The second-order valence-electron chi connectivity index (χ2n) is 4.06. The zero-order valence-corrected chi connectivity index (χ0v) is 11.1. The van der Waals surface area contributed by atoms with Gasteiger partial charge in [0.1, 0.15) is 4.88 Å². The van der Waals surface area contributed by atoms with E-state index in [4.69, 9.17) is 10.3 Å². The van der Waals surface area contributed by atoms with Gasteiger partial charge < -0.3 is 10.3 Å². The van der Waals surface area contributed by atoms with Gasteiger partial charge in [-0.05, 0) is 12.1 Å². The van der Waals surface area contributed by atoms with Gasteiger partial charge in [0.25, 0.3) is 5.89 Å². The molecule has 5 nitrogen and oxygen atoms in total. The Morgan fingerprint density at radius 3 is 2.43 bits per heavy atom. The number of hydrogen-bond acceptors (Lipinski definition) is 6. The summed E-state index contributed by atoms with van der Waals surface area (Å²) in [6, 6.07) is 4.52. The zero-order valence-electron chi connectivity index (χ0n) is 10.3. The maximum absolute atomic E-state index is 12.5. The molecule has 0 radical (unpaired) electrons. The van der Waals surface area contributed by atoms with E-state index < -0.39 is 11.7 Å². The minimum absolute atomic E-state index is 0.200. The summed E-state index contributed by atoms with van der Waals surface area (Å²) in [6.07, 6.45) is -2.88. The third-order valence-corrected chi connectivity index (χ3v) is 3.45. The highest BCUT2D eigenvalue weighted by Gasteiger charge is 2.30. The number of nitrogens with zero attached hydrogens (tertiary/aromatic N) is 3. The first-order valence-corrected chi connectivity index (χ1v) is 6.48. The lowest BCUT2D eigenvalue weighted by molar-refractivity contribution is -0.137. The van der Waals surface area contributed by atoms with Gasteiger partial charge in [-0.1, -0.05) is 28.6 Å². The number of benzene rings is 1. The van der Waals surface area contributed by atoms with E-state index in [0.717, 1.165) is 12.1 Å². The van der Waals surface area contributed by atoms with Gasteiger partial charge in [0, 0.05) is 5.56 Å². The van der Waals surface area contributed by atoms with Crippen LogP contribution >= 0.6 is 11.3 Å². The third kappa shape index (κ3) is 2.72. The second-order valence-corrected chi connectivity index (χ2v) is 5.12. The molecule has 0 aliphatic heterocycles. The maximum atomic E-state index is 12.5. The third-order valence-electron chi connectivity index (χ3n) is 2.63. The highest BCUT2D eigenvalue weighted by molar-refractivity contribution is 7.18. The summed E-state index contributed by atoms with van der Waals surface area (Å²) in [6.45, 7) is 0. The minimum Gasteiger partial charge on any atom is -0.375 e. The number of hydrogen-bond donors (Lipinski definition) is 1. The number of thiazole rings is 1. The number of rotatable bonds is 2. The van der Waals surface area contributed by atoms with Crippen LogP contribution in [0.25, 0.3) is 22.2 Å². The van der Waals surface area contributed by atoms with Crippen molar-refractivity contribution in [3.8, 4) is 22.2 Å². The molecule has 0 aliphatic carbocycles. The summed E-state index contributed by atoms with van der Waals surface area (Å²) in [7, 11) is 0. The van der Waals surface area contributed by atoms with E-state index in [2.05, 4.69) is 15.1 Å². The van der Waals surface area contributed by atoms with Crippen LogP contribution in [0.1, 0.15) is 5.56 Å². The zero-order chi connectivity index (χ0) is 15.0. The molecule has 0 unspecified atom stereocenters. The average molecular weight is 312 g/mol. The highest BCUT2D eigenvalue weighted by atomic mass is 32.1. The Kier molecular flexibility index (Phi) is 3.13. The fourth-order valence-corrected chi connectivity index (χ4v) is 2.24. The molecule has 9 heteroatoms. The predicted molar refractivity (Wildman–Crippen MR) is 70.3 cm³/mol. The molecule has 0 spiro atoms. The molecule has 0 saturated heterocycles. The molecule has 0 amide bonds. The standard InChI is InChI=1S/C12H7F3N4OS/c13-12(14,15)7-3-1-6(2-4-7)9-18-10(20-19-9)8-5-17-11(16)21-8/h1-5H,(H2,16,17). The lowest BCUT2D eigenvalue weighted by Crippen LogP contribution is -2.04. The highest BCUT2D eigenvalue weighted by Crippen LogP contribution is 2.31. The Bertz CT molecular complexity index is 763. The summed E-state index contributed by atoms with van der Waals surface area (Å²) in [5.74, 6) is 0.421. The smallest absolute Gasteiger partial charge is 0.375 e. The molecule has 0 aliphatic rings. The summed E-state index contributed by atoms with van der Waals surface area (Å²) < 4.78 is 42.5. The van der Waals surface area contributed by atoms with Crippen molar-refractivity contribution in [3.05, 3.63) is 36.0 Å². The van der Waals surface area contributed by atoms with Crippen LogP contribution in [0, 0.1) is 0 Å². The molecule has 2 N–H and O–H groups in total. The van der Waals surface area contributed by atoms with Crippen molar-refractivity contribution in [2.75, 3.05) is 5.73 Å². The summed E-state index contributed by atoms with van der Waals surface area (Å²) in [5, 5.41) is 4.10. The molecule has 0 fully saturated rings. The molecular weight excluding hydrogens is 305 g/mol. The van der Waals surface area contributed by atoms with Crippen molar-refractivity contribution in [1.82, 2.24) is 15.1 Å². The topological polar surface area (TPSA) is 77.8 Å². The van der Waals surface area contributed by atoms with E-state index in [9.17, 15) is 13.2 Å². The number of nitrogen functional groups attached to an aromatic ring is 1. The molecule has 2 heterocycles. The van der Waals surface area contributed by atoms with E-state index in [1.807, 2.05) is 0 Å². The molecule has 3 rings (SSSR count). The van der Waals surface area contributed by atoms with Gasteiger partial charge in [-0.25, -0.2) is 4.98 Å². The molecule has 0 atom stereocenters. The van der Waals surface area contributed by atoms with Gasteiger partial charge >= 0.3 is 6.18 Å². The van der Waals surface area contributed by atoms with Crippen LogP contribution < -0.4 is 5.73 Å². The van der Waals surface area contributed by atoms with E-state index in [1.54, 1.807) is 0 Å². The van der Waals surface area contributed by atoms with Gasteiger partial charge in [0.15, 0.2) is 5.13 Å².